The molecule has 0 bridgehead atoms. The number of thiazole rings is 1. The monoisotopic (exact) mass is 276 g/mol. The first-order chi connectivity index (χ1) is 8.19. The fourth-order valence-corrected chi connectivity index (χ4v) is 2.39. The largest absolute Gasteiger partial charge is 0.383 e. The van der Waals surface area contributed by atoms with Crippen molar-refractivity contribution in [2.24, 2.45) is 0 Å². The molecule has 0 aliphatic rings. The van der Waals surface area contributed by atoms with Gasteiger partial charge in [0.25, 0.3) is 0 Å². The second kappa shape index (κ2) is 7.63. The lowest BCUT2D eigenvalue weighted by Crippen LogP contribution is -2.38. The van der Waals surface area contributed by atoms with Gasteiger partial charge in [-0.15, -0.1) is 22.9 Å². The van der Waals surface area contributed by atoms with Crippen LogP contribution in [0.5, 0.6) is 0 Å². The van der Waals surface area contributed by atoms with Gasteiger partial charge in [0.1, 0.15) is 5.01 Å². The topological polar surface area (TPSA) is 51.2 Å². The molecule has 0 aliphatic carbocycles. The second-order valence-corrected chi connectivity index (χ2v) is 4.88. The Bertz CT molecular complexity index is 357. The standard InChI is InChI=1S/C11H17ClN2O2S/c1-3-8(6-16-2)13-10(15)4-11-14-9(5-12)7-17-11/h7-8H,3-6H2,1-2H3,(H,13,15). The van der Waals surface area contributed by atoms with Gasteiger partial charge >= 0.3 is 0 Å². The van der Waals surface area contributed by atoms with Crippen LogP contribution >= 0.6 is 22.9 Å². The third kappa shape index (κ3) is 5.02. The second-order valence-electron chi connectivity index (χ2n) is 3.67. The first-order valence-electron chi connectivity index (χ1n) is 5.47. The van der Waals surface area contributed by atoms with Crippen molar-refractivity contribution in [2.75, 3.05) is 13.7 Å². The van der Waals surface area contributed by atoms with Crippen molar-refractivity contribution >= 4 is 28.8 Å². The molecule has 1 aromatic heterocycles. The number of hydrogen-bond acceptors (Lipinski definition) is 4. The lowest BCUT2D eigenvalue weighted by molar-refractivity contribution is -0.121. The number of halogens is 1. The molecule has 1 rings (SSSR count). The van der Waals surface area contributed by atoms with E-state index < -0.39 is 0 Å². The van der Waals surface area contributed by atoms with Gasteiger partial charge in [-0.1, -0.05) is 6.92 Å². The number of nitrogens with zero attached hydrogens (tertiary/aromatic N) is 1. The SMILES string of the molecule is CCC(COC)NC(=O)Cc1nc(CCl)cs1. The zero-order valence-electron chi connectivity index (χ0n) is 10.0. The fraction of sp³-hybridized carbons (Fsp3) is 0.636. The number of alkyl halides is 1. The molecule has 96 valence electrons. The summed E-state index contributed by atoms with van der Waals surface area (Å²) in [6, 6.07) is 0.0694. The average Bonchev–Trinajstić information content (AvgIpc) is 2.76. The summed E-state index contributed by atoms with van der Waals surface area (Å²) in [5, 5.41) is 5.59. The zero-order valence-corrected chi connectivity index (χ0v) is 11.6. The first kappa shape index (κ1) is 14.4. The van der Waals surface area contributed by atoms with E-state index in [1.165, 1.54) is 11.3 Å². The van der Waals surface area contributed by atoms with Crippen LogP contribution in [0.15, 0.2) is 5.38 Å². The van der Waals surface area contributed by atoms with Gasteiger partial charge in [-0.2, -0.15) is 0 Å². The van der Waals surface area contributed by atoms with Gasteiger partial charge in [0, 0.05) is 12.5 Å². The fourth-order valence-electron chi connectivity index (χ4n) is 1.37. The summed E-state index contributed by atoms with van der Waals surface area (Å²) >= 11 is 7.11. The molecular weight excluding hydrogens is 260 g/mol. The van der Waals surface area contributed by atoms with E-state index >= 15 is 0 Å². The van der Waals surface area contributed by atoms with Crippen LogP contribution < -0.4 is 5.32 Å². The summed E-state index contributed by atoms with van der Waals surface area (Å²) < 4.78 is 5.02. The van der Waals surface area contributed by atoms with Crippen LogP contribution in [0.25, 0.3) is 0 Å². The Balaban J connectivity index is 2.42. The van der Waals surface area contributed by atoms with Crippen LogP contribution in [0.1, 0.15) is 24.0 Å². The minimum absolute atomic E-state index is 0.0237. The molecule has 0 saturated carbocycles. The molecule has 0 spiro atoms. The highest BCUT2D eigenvalue weighted by atomic mass is 35.5. The Kier molecular flexibility index (Phi) is 6.47. The summed E-state index contributed by atoms with van der Waals surface area (Å²) in [7, 11) is 1.63. The smallest absolute Gasteiger partial charge is 0.227 e. The summed E-state index contributed by atoms with van der Waals surface area (Å²) in [5.74, 6) is 0.365. The molecule has 6 heteroatoms. The molecule has 1 unspecified atom stereocenters. The van der Waals surface area contributed by atoms with Gasteiger partial charge in [-0.3, -0.25) is 4.79 Å². The van der Waals surface area contributed by atoms with E-state index in [0.29, 0.717) is 18.9 Å². The third-order valence-electron chi connectivity index (χ3n) is 2.27. The number of hydrogen-bond donors (Lipinski definition) is 1. The van der Waals surface area contributed by atoms with Crippen LogP contribution in [0.2, 0.25) is 0 Å². The Labute approximate surface area is 110 Å². The maximum atomic E-state index is 11.7. The van der Waals surface area contributed by atoms with Crippen molar-refractivity contribution in [3.8, 4) is 0 Å². The number of carbonyl (C=O) groups is 1. The highest BCUT2D eigenvalue weighted by Gasteiger charge is 2.12. The number of ether oxygens (including phenoxy) is 1. The van der Waals surface area contributed by atoms with Crippen molar-refractivity contribution in [2.45, 2.75) is 31.7 Å². The molecular formula is C11H17ClN2O2S. The maximum absolute atomic E-state index is 11.7. The molecule has 17 heavy (non-hydrogen) atoms. The Hall–Kier alpha value is -0.650. The van der Waals surface area contributed by atoms with E-state index in [1.54, 1.807) is 7.11 Å². The Morgan fingerprint density at radius 1 is 1.71 bits per heavy atom. The van der Waals surface area contributed by atoms with Crippen molar-refractivity contribution < 1.29 is 9.53 Å². The van der Waals surface area contributed by atoms with Crippen LogP contribution in [-0.2, 0) is 21.8 Å². The van der Waals surface area contributed by atoms with Gasteiger partial charge in [-0.25, -0.2) is 4.98 Å². The molecule has 1 N–H and O–H groups in total. The number of methoxy groups -OCH3 is 1. The molecule has 0 saturated heterocycles. The number of rotatable bonds is 7. The van der Waals surface area contributed by atoms with Gasteiger partial charge in [0.15, 0.2) is 0 Å². The molecule has 1 atom stereocenters. The minimum atomic E-state index is -0.0237. The predicted molar refractivity (Wildman–Crippen MR) is 69.5 cm³/mol. The van der Waals surface area contributed by atoms with Crippen molar-refractivity contribution in [3.05, 3.63) is 16.1 Å². The van der Waals surface area contributed by atoms with E-state index in [9.17, 15) is 4.79 Å². The van der Waals surface area contributed by atoms with E-state index in [1.807, 2.05) is 12.3 Å². The molecule has 1 aromatic rings. The third-order valence-corrected chi connectivity index (χ3v) is 3.45. The van der Waals surface area contributed by atoms with Crippen molar-refractivity contribution in [1.82, 2.24) is 10.3 Å². The number of amides is 1. The van der Waals surface area contributed by atoms with Crippen molar-refractivity contribution in [3.63, 3.8) is 0 Å². The summed E-state index contributed by atoms with van der Waals surface area (Å²) in [4.78, 5) is 16.0. The number of carbonyl (C=O) groups excluding carboxylic acids is 1. The van der Waals surface area contributed by atoms with Crippen LogP contribution in [0, 0.1) is 0 Å². The molecule has 0 radical (unpaired) electrons. The average molecular weight is 277 g/mol. The van der Waals surface area contributed by atoms with Crippen LogP contribution in [0.3, 0.4) is 0 Å². The van der Waals surface area contributed by atoms with E-state index in [0.717, 1.165) is 17.1 Å². The summed E-state index contributed by atoms with van der Waals surface area (Å²) in [6.45, 7) is 2.55. The first-order valence-corrected chi connectivity index (χ1v) is 6.88. The molecule has 0 aliphatic heterocycles. The Morgan fingerprint density at radius 2 is 2.47 bits per heavy atom. The van der Waals surface area contributed by atoms with E-state index in [4.69, 9.17) is 16.3 Å². The lowest BCUT2D eigenvalue weighted by Gasteiger charge is -2.15. The van der Waals surface area contributed by atoms with Crippen LogP contribution in [-0.4, -0.2) is 30.6 Å². The summed E-state index contributed by atoms with van der Waals surface area (Å²) in [5.41, 5.74) is 0.823. The normalized spacial score (nSPS) is 12.4. The molecule has 1 amide bonds. The Morgan fingerprint density at radius 3 is 3.00 bits per heavy atom. The quantitative estimate of drug-likeness (QED) is 0.775. The summed E-state index contributed by atoms with van der Waals surface area (Å²) in [6.07, 6.45) is 1.16. The van der Waals surface area contributed by atoms with Crippen molar-refractivity contribution in [1.29, 1.82) is 0 Å². The highest BCUT2D eigenvalue weighted by molar-refractivity contribution is 7.09. The van der Waals surface area contributed by atoms with E-state index in [-0.39, 0.29) is 11.9 Å². The number of nitrogens with one attached hydrogen (secondary N) is 1. The highest BCUT2D eigenvalue weighted by Crippen LogP contribution is 2.12. The molecule has 0 aromatic carbocycles. The molecule has 1 heterocycles. The minimum Gasteiger partial charge on any atom is -0.383 e. The van der Waals surface area contributed by atoms with Crippen LogP contribution in [0.4, 0.5) is 0 Å². The van der Waals surface area contributed by atoms with Gasteiger partial charge in [0.05, 0.1) is 30.6 Å². The number of aromatic nitrogens is 1. The van der Waals surface area contributed by atoms with Gasteiger partial charge in [-0.05, 0) is 6.42 Å². The zero-order chi connectivity index (χ0) is 12.7. The van der Waals surface area contributed by atoms with Gasteiger partial charge < -0.3 is 10.1 Å². The predicted octanol–water partition coefficient (Wildman–Crippen LogP) is 1.97. The molecule has 0 fully saturated rings. The molecule has 4 nitrogen and oxygen atoms in total. The lowest BCUT2D eigenvalue weighted by atomic mass is 10.2. The maximum Gasteiger partial charge on any atom is 0.227 e. The van der Waals surface area contributed by atoms with E-state index in [2.05, 4.69) is 10.3 Å². The van der Waals surface area contributed by atoms with Gasteiger partial charge in [0.2, 0.25) is 5.91 Å².